The molecule has 4 aliphatic rings. The third-order valence-corrected chi connectivity index (χ3v) is 14.1. The van der Waals surface area contributed by atoms with Crippen LogP contribution in [0.2, 0.25) is 18.1 Å². The molecule has 1 saturated heterocycles. The van der Waals surface area contributed by atoms with Crippen LogP contribution in [0.1, 0.15) is 53.0 Å². The molecule has 10 nitrogen and oxygen atoms in total. The van der Waals surface area contributed by atoms with Gasteiger partial charge in [-0.05, 0) is 50.4 Å². The Hall–Kier alpha value is -2.31. The molecule has 226 valence electrons. The lowest BCUT2D eigenvalue weighted by molar-refractivity contribution is -0.256. The van der Waals surface area contributed by atoms with Crippen molar-refractivity contribution in [3.63, 3.8) is 0 Å². The van der Waals surface area contributed by atoms with Crippen LogP contribution in [0.4, 0.5) is 0 Å². The molecule has 0 N–H and O–H groups in total. The number of oxime groups is 1. The lowest BCUT2D eigenvalue weighted by atomic mass is 9.48. The first-order valence-corrected chi connectivity index (χ1v) is 17.2. The Morgan fingerprint density at radius 2 is 1.66 bits per heavy atom. The number of carbonyl (C=O) groups is 2. The molecule has 0 aromatic heterocycles. The highest BCUT2D eigenvalue weighted by molar-refractivity contribution is 6.74. The predicted octanol–water partition coefficient (Wildman–Crippen LogP) is 4.36. The highest BCUT2D eigenvalue weighted by Crippen LogP contribution is 2.64. The van der Waals surface area contributed by atoms with Crippen LogP contribution in [0.25, 0.3) is 0 Å². The van der Waals surface area contributed by atoms with Gasteiger partial charge >= 0.3 is 11.9 Å². The van der Waals surface area contributed by atoms with Crippen LogP contribution in [-0.2, 0) is 49.1 Å². The number of ether oxygens (including phenoxy) is 5. The fraction of sp³-hybridized carbons (Fsp3) is 0.700. The standard InChI is InChI=1S/C30H43NO9Si/c1-27(2,3)41(8,9)39-24-23-22(37-28(4,5)38-23)21-19(36-17-18-13-11-10-12-14-18)15-16-20-29(21,25(32)34-6)30(24,40-31-20)26(33)35-7/h10-14,19,21-24H,15-17H2,1-9H3/t19?,21-,22-,23-,24?,29-,30-/m0/s1. The van der Waals surface area contributed by atoms with E-state index in [1.165, 1.54) is 14.2 Å². The Labute approximate surface area is 243 Å². The van der Waals surface area contributed by atoms with Gasteiger partial charge in [0.2, 0.25) is 0 Å². The van der Waals surface area contributed by atoms with Gasteiger partial charge in [-0.15, -0.1) is 0 Å². The number of fused-ring (bicyclic) bond motifs is 2. The van der Waals surface area contributed by atoms with Crippen LogP contribution in [0, 0.1) is 11.3 Å². The molecular weight excluding hydrogens is 546 g/mol. The molecule has 0 amide bonds. The number of benzene rings is 1. The summed E-state index contributed by atoms with van der Waals surface area (Å²) in [6.07, 6.45) is -2.17. The predicted molar refractivity (Wildman–Crippen MR) is 151 cm³/mol. The van der Waals surface area contributed by atoms with Crippen molar-refractivity contribution in [3.05, 3.63) is 35.9 Å². The summed E-state index contributed by atoms with van der Waals surface area (Å²) in [7, 11) is -0.0334. The molecule has 1 aromatic rings. The number of hydrogen-bond donors (Lipinski definition) is 0. The minimum Gasteiger partial charge on any atom is -0.468 e. The van der Waals surface area contributed by atoms with Gasteiger partial charge in [0.15, 0.2) is 19.5 Å². The van der Waals surface area contributed by atoms with Crippen LogP contribution in [0.3, 0.4) is 0 Å². The van der Waals surface area contributed by atoms with E-state index in [-0.39, 0.29) is 5.04 Å². The van der Waals surface area contributed by atoms with E-state index in [4.69, 9.17) is 32.9 Å². The molecular formula is C30H43NO9Si. The van der Waals surface area contributed by atoms with Crippen molar-refractivity contribution in [2.75, 3.05) is 14.2 Å². The van der Waals surface area contributed by atoms with Crippen molar-refractivity contribution < 1.29 is 42.5 Å². The number of hydrogen-bond acceptors (Lipinski definition) is 10. The van der Waals surface area contributed by atoms with E-state index in [0.29, 0.717) is 25.2 Å². The molecule has 1 aromatic carbocycles. The van der Waals surface area contributed by atoms with E-state index >= 15 is 0 Å². The Kier molecular flexibility index (Phi) is 7.47. The van der Waals surface area contributed by atoms with Crippen LogP contribution < -0.4 is 0 Å². The summed E-state index contributed by atoms with van der Waals surface area (Å²) in [6, 6.07) is 9.80. The van der Waals surface area contributed by atoms with Gasteiger partial charge in [-0.2, -0.15) is 0 Å². The van der Waals surface area contributed by atoms with E-state index in [2.05, 4.69) is 39.0 Å². The van der Waals surface area contributed by atoms with Crippen LogP contribution >= 0.6 is 0 Å². The van der Waals surface area contributed by atoms with Gasteiger partial charge < -0.3 is 32.9 Å². The average molecular weight is 590 g/mol. The molecule has 2 unspecified atom stereocenters. The second-order valence-corrected chi connectivity index (χ2v) is 18.2. The van der Waals surface area contributed by atoms with E-state index < -0.39 is 67.4 Å². The molecule has 2 aliphatic heterocycles. The molecule has 2 saturated carbocycles. The van der Waals surface area contributed by atoms with Gasteiger partial charge in [0.05, 0.1) is 38.7 Å². The van der Waals surface area contributed by atoms with Crippen LogP contribution in [-0.4, -0.2) is 76.0 Å². The molecule has 2 aliphatic carbocycles. The average Bonchev–Trinajstić information content (AvgIpc) is 3.44. The summed E-state index contributed by atoms with van der Waals surface area (Å²) in [4.78, 5) is 34.7. The monoisotopic (exact) mass is 589 g/mol. The Morgan fingerprint density at radius 1 is 1.02 bits per heavy atom. The van der Waals surface area contributed by atoms with Gasteiger partial charge in [0.1, 0.15) is 12.2 Å². The fourth-order valence-electron chi connectivity index (χ4n) is 6.84. The number of methoxy groups -OCH3 is 2. The summed E-state index contributed by atoms with van der Waals surface area (Å²) in [5.41, 5.74) is -2.33. The summed E-state index contributed by atoms with van der Waals surface area (Å²) in [5, 5.41) is 4.19. The summed E-state index contributed by atoms with van der Waals surface area (Å²) in [5.74, 6) is -3.20. The Balaban J connectivity index is 1.72. The first-order valence-electron chi connectivity index (χ1n) is 14.3. The smallest absolute Gasteiger partial charge is 0.357 e. The van der Waals surface area contributed by atoms with Crippen LogP contribution in [0.15, 0.2) is 35.5 Å². The molecule has 0 spiro atoms. The van der Waals surface area contributed by atoms with Gasteiger partial charge in [0, 0.05) is 5.92 Å². The summed E-state index contributed by atoms with van der Waals surface area (Å²) >= 11 is 0. The normalized spacial score (nSPS) is 35.5. The lowest BCUT2D eigenvalue weighted by Gasteiger charge is -2.58. The number of carbonyl (C=O) groups excluding carboxylic acids is 2. The molecule has 11 heteroatoms. The second kappa shape index (κ2) is 10.2. The van der Waals surface area contributed by atoms with E-state index in [1.807, 2.05) is 44.2 Å². The Bertz CT molecular complexity index is 1210. The summed E-state index contributed by atoms with van der Waals surface area (Å²) in [6.45, 7) is 14.4. The first kappa shape index (κ1) is 30.2. The van der Waals surface area contributed by atoms with Crippen molar-refractivity contribution in [3.8, 4) is 0 Å². The van der Waals surface area contributed by atoms with Crippen molar-refractivity contribution >= 4 is 26.0 Å². The van der Waals surface area contributed by atoms with Crippen molar-refractivity contribution in [2.45, 2.75) is 108 Å². The first-order chi connectivity index (χ1) is 19.2. The van der Waals surface area contributed by atoms with Gasteiger partial charge in [0.25, 0.3) is 5.60 Å². The van der Waals surface area contributed by atoms with Crippen molar-refractivity contribution in [2.24, 2.45) is 16.5 Å². The number of rotatable bonds is 7. The minimum absolute atomic E-state index is 0.236. The zero-order valence-corrected chi connectivity index (χ0v) is 26.5. The Morgan fingerprint density at radius 3 is 2.27 bits per heavy atom. The molecule has 2 heterocycles. The van der Waals surface area contributed by atoms with Crippen LogP contribution in [0.5, 0.6) is 0 Å². The quantitative estimate of drug-likeness (QED) is 0.338. The third-order valence-electron chi connectivity index (χ3n) is 9.65. The van der Waals surface area contributed by atoms with E-state index in [0.717, 1.165) is 5.56 Å². The third kappa shape index (κ3) is 4.38. The lowest BCUT2D eigenvalue weighted by Crippen LogP contribution is -2.80. The fourth-order valence-corrected chi connectivity index (χ4v) is 8.13. The number of nitrogens with zero attached hydrogens (tertiary/aromatic N) is 1. The molecule has 3 fully saturated rings. The second-order valence-electron chi connectivity index (χ2n) is 13.4. The molecule has 41 heavy (non-hydrogen) atoms. The maximum absolute atomic E-state index is 14.3. The highest BCUT2D eigenvalue weighted by Gasteiger charge is 2.86. The van der Waals surface area contributed by atoms with E-state index in [1.54, 1.807) is 0 Å². The van der Waals surface area contributed by atoms with E-state index in [9.17, 15) is 9.59 Å². The molecule has 7 atom stereocenters. The van der Waals surface area contributed by atoms with Gasteiger partial charge in [-0.25, -0.2) is 4.79 Å². The highest BCUT2D eigenvalue weighted by atomic mass is 28.4. The zero-order chi connectivity index (χ0) is 30.0. The zero-order valence-electron chi connectivity index (χ0n) is 25.5. The topological polar surface area (TPSA) is 111 Å². The van der Waals surface area contributed by atoms with Gasteiger partial charge in [-0.3, -0.25) is 4.79 Å². The van der Waals surface area contributed by atoms with Crippen molar-refractivity contribution in [1.29, 1.82) is 0 Å². The minimum atomic E-state index is -2.61. The molecule has 0 radical (unpaired) electrons. The SMILES string of the molecule is COC(=O)[C@@]12C3=NO[C@]1(C(=O)OC)C(O[Si](C)(C)C(C)(C)C)[C@H]1OC(C)(C)O[C@H]1[C@@H]2C(OCc1ccccc1)CC3. The largest absolute Gasteiger partial charge is 0.468 e. The maximum Gasteiger partial charge on any atom is 0.357 e. The number of esters is 2. The molecule has 0 bridgehead atoms. The summed E-state index contributed by atoms with van der Waals surface area (Å²) < 4.78 is 37.7. The van der Waals surface area contributed by atoms with Crippen molar-refractivity contribution in [1.82, 2.24) is 0 Å². The molecule has 5 rings (SSSR count). The maximum atomic E-state index is 14.3. The van der Waals surface area contributed by atoms with Gasteiger partial charge in [-0.1, -0.05) is 56.3 Å².